The number of benzene rings is 2. The van der Waals surface area contributed by atoms with Gasteiger partial charge in [-0.1, -0.05) is 48.5 Å². The van der Waals surface area contributed by atoms with Gasteiger partial charge in [0.15, 0.2) is 0 Å². The van der Waals surface area contributed by atoms with Crippen LogP contribution in [-0.2, 0) is 11.2 Å². The van der Waals surface area contributed by atoms with Gasteiger partial charge in [0.05, 0.1) is 24.5 Å². The molecule has 2 saturated heterocycles. The number of pyridine rings is 1. The van der Waals surface area contributed by atoms with E-state index in [-0.39, 0.29) is 29.7 Å². The van der Waals surface area contributed by atoms with Gasteiger partial charge >= 0.3 is 0 Å². The van der Waals surface area contributed by atoms with E-state index in [4.69, 9.17) is 4.42 Å². The monoisotopic (exact) mass is 566 g/mol. The number of rotatable bonds is 7. The van der Waals surface area contributed by atoms with Gasteiger partial charge in [-0.25, -0.2) is 9.97 Å². The van der Waals surface area contributed by atoms with Crippen molar-refractivity contribution < 1.29 is 19.1 Å². The molecule has 0 radical (unpaired) electrons. The number of aromatic hydroxyl groups is 1. The van der Waals surface area contributed by atoms with Crippen LogP contribution in [0, 0.1) is 0 Å². The van der Waals surface area contributed by atoms with Crippen LogP contribution < -0.4 is 15.1 Å². The topological polar surface area (TPSA) is 115 Å². The molecule has 0 aliphatic carbocycles. The average Bonchev–Trinajstić information content (AvgIpc) is 3.54. The van der Waals surface area contributed by atoms with Crippen molar-refractivity contribution in [1.82, 2.24) is 14.9 Å². The van der Waals surface area contributed by atoms with Crippen LogP contribution in [0.5, 0.6) is 5.75 Å². The van der Waals surface area contributed by atoms with E-state index >= 15 is 0 Å². The normalized spacial score (nSPS) is 16.0. The number of nitrogens with one attached hydrogen (secondary N) is 1. The van der Waals surface area contributed by atoms with Crippen molar-refractivity contribution in [2.24, 2.45) is 0 Å². The Morgan fingerprint density at radius 2 is 1.57 bits per heavy atom. The molecular weight excluding hydrogens is 532 g/mol. The summed E-state index contributed by atoms with van der Waals surface area (Å²) in [5.74, 6) is 1.22. The number of hydrogen-bond donors (Lipinski definition) is 2. The molecule has 10 nitrogen and oxygen atoms in total. The molecule has 2 N–H and O–H groups in total. The summed E-state index contributed by atoms with van der Waals surface area (Å²) in [5, 5.41) is 12.8. The number of anilines is 3. The highest BCUT2D eigenvalue weighted by atomic mass is 16.4. The number of phenols is 1. The Labute approximate surface area is 244 Å². The molecule has 6 rings (SSSR count). The minimum atomic E-state index is -0.376. The van der Waals surface area contributed by atoms with Crippen LogP contribution in [0.1, 0.15) is 40.4 Å². The zero-order valence-electron chi connectivity index (χ0n) is 23.4. The summed E-state index contributed by atoms with van der Waals surface area (Å²) in [5.41, 5.74) is 2.55. The van der Waals surface area contributed by atoms with E-state index in [0.717, 1.165) is 31.7 Å². The van der Waals surface area contributed by atoms with Gasteiger partial charge in [0.1, 0.15) is 11.6 Å². The minimum absolute atomic E-state index is 0.00518. The Hall–Kier alpha value is -4.86. The van der Waals surface area contributed by atoms with Gasteiger partial charge in [-0.05, 0) is 42.5 Å². The largest absolute Gasteiger partial charge is 0.508 e. The van der Waals surface area contributed by atoms with Crippen molar-refractivity contribution in [3.8, 4) is 5.75 Å². The van der Waals surface area contributed by atoms with Crippen LogP contribution in [0.4, 0.5) is 17.5 Å². The second kappa shape index (κ2) is 12.3. The van der Waals surface area contributed by atoms with Crippen LogP contribution >= 0.6 is 0 Å². The van der Waals surface area contributed by atoms with Gasteiger partial charge < -0.3 is 29.5 Å². The zero-order chi connectivity index (χ0) is 28.9. The number of hydrogen-bond acceptors (Lipinski definition) is 8. The first-order valence-corrected chi connectivity index (χ1v) is 14.4. The van der Waals surface area contributed by atoms with Gasteiger partial charge in [0, 0.05) is 44.8 Å². The SMILES string of the molecule is O=C(Nc1ccc(N2CCN(C(=O)Cc3ccccc3O)CC2)nc1)c1cnc(N2CCC(c3ccccc3)CC2)o1. The lowest BCUT2D eigenvalue weighted by Gasteiger charge is -2.35. The van der Waals surface area contributed by atoms with Crippen LogP contribution in [0.25, 0.3) is 0 Å². The van der Waals surface area contributed by atoms with Gasteiger partial charge in [-0.2, -0.15) is 0 Å². The highest BCUT2D eigenvalue weighted by Gasteiger charge is 2.25. The Bertz CT molecular complexity index is 1510. The number of piperidine rings is 1. The molecule has 2 amide bonds. The molecule has 0 unspecified atom stereocenters. The fourth-order valence-electron chi connectivity index (χ4n) is 5.61. The third-order valence-corrected chi connectivity index (χ3v) is 8.05. The number of para-hydroxylation sites is 1. The summed E-state index contributed by atoms with van der Waals surface area (Å²) < 4.78 is 5.82. The fraction of sp³-hybridized carbons (Fsp3) is 0.312. The van der Waals surface area contributed by atoms with Crippen LogP contribution in [0.15, 0.2) is 83.5 Å². The Balaban J connectivity index is 0.976. The summed E-state index contributed by atoms with van der Waals surface area (Å²) in [4.78, 5) is 40.4. The van der Waals surface area contributed by atoms with Gasteiger partial charge in [-0.15, -0.1) is 0 Å². The number of aromatic nitrogens is 2. The maximum atomic E-state index is 12.8. The van der Waals surface area contributed by atoms with Crippen molar-refractivity contribution in [1.29, 1.82) is 0 Å². The fourth-order valence-corrected chi connectivity index (χ4v) is 5.61. The van der Waals surface area contributed by atoms with E-state index in [2.05, 4.69) is 49.4 Å². The molecule has 2 fully saturated rings. The summed E-state index contributed by atoms with van der Waals surface area (Å²) in [7, 11) is 0. The highest BCUT2D eigenvalue weighted by Crippen LogP contribution is 2.30. The summed E-state index contributed by atoms with van der Waals surface area (Å²) in [6.45, 7) is 4.09. The molecule has 0 bridgehead atoms. The Morgan fingerprint density at radius 3 is 2.29 bits per heavy atom. The molecule has 2 aliphatic heterocycles. The molecule has 2 aliphatic rings. The molecule has 0 saturated carbocycles. The maximum absolute atomic E-state index is 12.8. The number of oxazole rings is 1. The number of carbonyl (C=O) groups is 2. The standard InChI is InChI=1S/C32H34N6O4/c39-27-9-5-4-8-25(27)20-30(40)37-18-16-36(17-19-37)29-11-10-26(21-33-29)35-31(41)28-22-34-32(42-28)38-14-12-24(13-15-38)23-6-2-1-3-7-23/h1-11,21-22,24,39H,12-20H2,(H,35,41). The van der Waals surface area contributed by atoms with Crippen LogP contribution in [-0.4, -0.2) is 71.1 Å². The van der Waals surface area contributed by atoms with E-state index in [9.17, 15) is 14.7 Å². The first-order chi connectivity index (χ1) is 20.5. The lowest BCUT2D eigenvalue weighted by atomic mass is 9.90. The molecule has 0 atom stereocenters. The van der Waals surface area contributed by atoms with Gasteiger partial charge in [0.2, 0.25) is 11.7 Å². The van der Waals surface area contributed by atoms with Gasteiger partial charge in [0.25, 0.3) is 11.9 Å². The smallest absolute Gasteiger partial charge is 0.297 e. The van der Waals surface area contributed by atoms with E-state index < -0.39 is 0 Å². The predicted octanol–water partition coefficient (Wildman–Crippen LogP) is 4.30. The van der Waals surface area contributed by atoms with E-state index in [1.165, 1.54) is 11.8 Å². The molecule has 4 heterocycles. The van der Waals surface area contributed by atoms with Crippen molar-refractivity contribution in [2.45, 2.75) is 25.2 Å². The minimum Gasteiger partial charge on any atom is -0.508 e. The lowest BCUT2D eigenvalue weighted by Crippen LogP contribution is -2.49. The van der Waals surface area contributed by atoms with Crippen molar-refractivity contribution >= 4 is 29.3 Å². The van der Waals surface area contributed by atoms with Crippen molar-refractivity contribution in [2.75, 3.05) is 54.4 Å². The van der Waals surface area contributed by atoms with Crippen LogP contribution in [0.2, 0.25) is 0 Å². The highest BCUT2D eigenvalue weighted by molar-refractivity contribution is 6.02. The molecular formula is C32H34N6O4. The zero-order valence-corrected chi connectivity index (χ0v) is 23.4. The first kappa shape index (κ1) is 27.3. The Morgan fingerprint density at radius 1 is 0.833 bits per heavy atom. The third-order valence-electron chi connectivity index (χ3n) is 8.05. The molecule has 2 aromatic carbocycles. The number of nitrogens with zero attached hydrogens (tertiary/aromatic N) is 5. The second-order valence-corrected chi connectivity index (χ2v) is 10.7. The maximum Gasteiger partial charge on any atom is 0.297 e. The number of piperazine rings is 1. The third kappa shape index (κ3) is 6.22. The molecule has 10 heteroatoms. The van der Waals surface area contributed by atoms with Crippen molar-refractivity contribution in [3.05, 3.63) is 96.0 Å². The van der Waals surface area contributed by atoms with E-state index in [1.54, 1.807) is 24.4 Å². The molecule has 0 spiro atoms. The summed E-state index contributed by atoms with van der Waals surface area (Å²) in [6.07, 6.45) is 5.29. The Kier molecular flexibility index (Phi) is 8.02. The quantitative estimate of drug-likeness (QED) is 0.340. The predicted molar refractivity (Wildman–Crippen MR) is 160 cm³/mol. The van der Waals surface area contributed by atoms with Crippen molar-refractivity contribution in [3.63, 3.8) is 0 Å². The van der Waals surface area contributed by atoms with E-state index in [1.807, 2.05) is 29.2 Å². The average molecular weight is 567 g/mol. The molecule has 2 aromatic heterocycles. The number of carbonyl (C=O) groups excluding carboxylic acids is 2. The number of phenolic OH excluding ortho intramolecular Hbond substituents is 1. The van der Waals surface area contributed by atoms with Crippen LogP contribution in [0.3, 0.4) is 0 Å². The summed E-state index contributed by atoms with van der Waals surface area (Å²) in [6, 6.07) is 21.6. The summed E-state index contributed by atoms with van der Waals surface area (Å²) >= 11 is 0. The molecule has 4 aromatic rings. The molecule has 42 heavy (non-hydrogen) atoms. The second-order valence-electron chi connectivity index (χ2n) is 10.7. The number of amides is 2. The van der Waals surface area contributed by atoms with E-state index in [0.29, 0.717) is 49.4 Å². The van der Waals surface area contributed by atoms with Gasteiger partial charge in [-0.3, -0.25) is 9.59 Å². The molecule has 216 valence electrons. The lowest BCUT2D eigenvalue weighted by molar-refractivity contribution is -0.130. The first-order valence-electron chi connectivity index (χ1n) is 14.4.